The smallest absolute Gasteiger partial charge is 0.229 e. The molecule has 1 aliphatic rings. The molecule has 0 aromatic carbocycles. The van der Waals surface area contributed by atoms with Crippen molar-refractivity contribution in [2.24, 2.45) is 0 Å². The van der Waals surface area contributed by atoms with E-state index in [2.05, 4.69) is 27.6 Å². The Labute approximate surface area is 107 Å². The van der Waals surface area contributed by atoms with Gasteiger partial charge in [0, 0.05) is 22.7 Å². The molecule has 0 bridgehead atoms. The van der Waals surface area contributed by atoms with Gasteiger partial charge in [-0.3, -0.25) is 9.69 Å². The first-order valence-electron chi connectivity index (χ1n) is 4.64. The second kappa shape index (κ2) is 4.25. The van der Waals surface area contributed by atoms with Gasteiger partial charge in [0.25, 0.3) is 0 Å². The molecule has 1 aromatic rings. The third-order valence-corrected chi connectivity index (χ3v) is 3.81. The van der Waals surface area contributed by atoms with Gasteiger partial charge in [-0.25, -0.2) is 4.98 Å². The van der Waals surface area contributed by atoms with Crippen LogP contribution < -0.4 is 4.90 Å². The van der Waals surface area contributed by atoms with Gasteiger partial charge in [0.2, 0.25) is 5.91 Å². The Morgan fingerprint density at radius 3 is 2.93 bits per heavy atom. The largest absolute Gasteiger partial charge is 0.295 e. The lowest BCUT2D eigenvalue weighted by atomic mass is 10.3. The van der Waals surface area contributed by atoms with E-state index in [1.165, 1.54) is 0 Å². The maximum Gasteiger partial charge on any atom is 0.229 e. The Hall–Kier alpha value is -0.360. The van der Waals surface area contributed by atoms with E-state index in [9.17, 15) is 4.79 Å². The van der Waals surface area contributed by atoms with Crippen molar-refractivity contribution in [1.29, 1.82) is 0 Å². The summed E-state index contributed by atoms with van der Waals surface area (Å²) in [6, 6.07) is 1.93. The van der Waals surface area contributed by atoms with E-state index in [-0.39, 0.29) is 11.3 Å². The van der Waals surface area contributed by atoms with Gasteiger partial charge in [-0.2, -0.15) is 0 Å². The number of carbonyl (C=O) groups is 1. The molecule has 1 aromatic heterocycles. The van der Waals surface area contributed by atoms with E-state index in [4.69, 9.17) is 11.6 Å². The second-order valence-electron chi connectivity index (χ2n) is 3.60. The molecule has 0 spiro atoms. The molecule has 80 valence electrons. The molecule has 5 heteroatoms. The van der Waals surface area contributed by atoms with E-state index in [0.29, 0.717) is 18.8 Å². The molecular weight excluding hydrogens is 326 g/mol. The van der Waals surface area contributed by atoms with E-state index < -0.39 is 0 Å². The molecule has 1 saturated heterocycles. The molecule has 1 amide bonds. The van der Waals surface area contributed by atoms with Crippen LogP contribution >= 0.6 is 34.2 Å². The van der Waals surface area contributed by atoms with Gasteiger partial charge in [0.05, 0.1) is 5.38 Å². The summed E-state index contributed by atoms with van der Waals surface area (Å²) in [4.78, 5) is 17.5. The molecule has 3 nitrogen and oxygen atoms in total. The van der Waals surface area contributed by atoms with E-state index in [1.807, 2.05) is 13.0 Å². The third kappa shape index (κ3) is 2.25. The lowest BCUT2D eigenvalue weighted by molar-refractivity contribution is -0.117. The summed E-state index contributed by atoms with van der Waals surface area (Å²) in [6.07, 6.45) is 2.19. The summed E-state index contributed by atoms with van der Waals surface area (Å²) in [7, 11) is 0. The van der Waals surface area contributed by atoms with Crippen molar-refractivity contribution in [3.8, 4) is 0 Å². The van der Waals surface area contributed by atoms with Crippen LogP contribution in [-0.4, -0.2) is 22.8 Å². The lowest BCUT2D eigenvalue weighted by Gasteiger charge is -2.15. The summed E-state index contributed by atoms with van der Waals surface area (Å²) in [6.45, 7) is 2.57. The van der Waals surface area contributed by atoms with Crippen LogP contribution in [0.25, 0.3) is 0 Å². The van der Waals surface area contributed by atoms with Gasteiger partial charge in [-0.05, 0) is 41.1 Å². The minimum Gasteiger partial charge on any atom is -0.295 e. The number of pyridine rings is 1. The van der Waals surface area contributed by atoms with Crippen LogP contribution in [0.5, 0.6) is 0 Å². The summed E-state index contributed by atoms with van der Waals surface area (Å²) in [5.74, 6) is 0.768. The fourth-order valence-electron chi connectivity index (χ4n) is 1.56. The highest BCUT2D eigenvalue weighted by Crippen LogP contribution is 2.24. The Morgan fingerprint density at radius 1 is 1.67 bits per heavy atom. The average Bonchev–Trinajstić information content (AvgIpc) is 2.50. The average molecular weight is 337 g/mol. The van der Waals surface area contributed by atoms with Crippen molar-refractivity contribution < 1.29 is 4.79 Å². The first-order valence-corrected chi connectivity index (χ1v) is 6.16. The molecule has 0 radical (unpaired) electrons. The van der Waals surface area contributed by atoms with Gasteiger partial charge < -0.3 is 0 Å². The van der Waals surface area contributed by atoms with Crippen molar-refractivity contribution >= 4 is 45.9 Å². The van der Waals surface area contributed by atoms with Gasteiger partial charge in [0.1, 0.15) is 5.82 Å². The van der Waals surface area contributed by atoms with Crippen molar-refractivity contribution in [3.63, 3.8) is 0 Å². The van der Waals surface area contributed by atoms with Crippen LogP contribution in [0.3, 0.4) is 0 Å². The first-order chi connectivity index (χ1) is 7.08. The van der Waals surface area contributed by atoms with Crippen LogP contribution in [0.2, 0.25) is 0 Å². The summed E-state index contributed by atoms with van der Waals surface area (Å²) in [5.41, 5.74) is 1.13. The van der Waals surface area contributed by atoms with E-state index in [1.54, 1.807) is 11.1 Å². The summed E-state index contributed by atoms with van der Waals surface area (Å²) < 4.78 is 1.10. The van der Waals surface area contributed by atoms with Crippen LogP contribution in [0, 0.1) is 10.5 Å². The van der Waals surface area contributed by atoms with Gasteiger partial charge in [0.15, 0.2) is 0 Å². The second-order valence-corrected chi connectivity index (χ2v) is 5.38. The minimum atomic E-state index is -0.0844. The van der Waals surface area contributed by atoms with Crippen LogP contribution in [-0.2, 0) is 4.79 Å². The molecule has 1 atom stereocenters. The quantitative estimate of drug-likeness (QED) is 0.582. The predicted molar refractivity (Wildman–Crippen MR) is 68.3 cm³/mol. The molecule has 0 aliphatic carbocycles. The van der Waals surface area contributed by atoms with E-state index in [0.717, 1.165) is 9.13 Å². The molecule has 1 unspecified atom stereocenters. The molecule has 2 rings (SSSR count). The van der Waals surface area contributed by atoms with Crippen molar-refractivity contribution in [1.82, 2.24) is 4.98 Å². The Kier molecular flexibility index (Phi) is 3.16. The topological polar surface area (TPSA) is 33.2 Å². The molecule has 0 N–H and O–H groups in total. The molecule has 1 aliphatic heterocycles. The van der Waals surface area contributed by atoms with Crippen molar-refractivity contribution in [2.45, 2.75) is 18.7 Å². The number of nitrogens with zero attached hydrogens (tertiary/aromatic N) is 2. The van der Waals surface area contributed by atoms with Gasteiger partial charge in [-0.15, -0.1) is 11.6 Å². The van der Waals surface area contributed by atoms with Crippen LogP contribution in [0.1, 0.15) is 12.0 Å². The van der Waals surface area contributed by atoms with Crippen LogP contribution in [0.4, 0.5) is 5.82 Å². The summed E-state index contributed by atoms with van der Waals surface area (Å²) in [5, 5.41) is -0.0844. The number of anilines is 1. The lowest BCUT2D eigenvalue weighted by Crippen LogP contribution is -2.25. The highest BCUT2D eigenvalue weighted by molar-refractivity contribution is 14.1. The zero-order valence-electron chi connectivity index (χ0n) is 8.20. The monoisotopic (exact) mass is 336 g/mol. The number of aryl methyl sites for hydroxylation is 1. The SMILES string of the molecule is Cc1cc(N2CC(Cl)CC2=O)ncc1I. The number of aromatic nitrogens is 1. The number of hydrogen-bond donors (Lipinski definition) is 0. The number of carbonyl (C=O) groups excluding carboxylic acids is 1. The number of hydrogen-bond acceptors (Lipinski definition) is 2. The standard InChI is InChI=1S/C10H10ClIN2O/c1-6-2-9(13-4-8(6)12)14-5-7(11)3-10(14)15/h2,4,7H,3,5H2,1H3. The number of rotatable bonds is 1. The zero-order valence-corrected chi connectivity index (χ0v) is 11.1. The number of halogens is 2. The molecule has 15 heavy (non-hydrogen) atoms. The van der Waals surface area contributed by atoms with Crippen molar-refractivity contribution in [2.75, 3.05) is 11.4 Å². The maximum absolute atomic E-state index is 11.6. The Bertz CT molecular complexity index is 410. The summed E-state index contributed by atoms with van der Waals surface area (Å²) >= 11 is 8.15. The minimum absolute atomic E-state index is 0.0584. The first kappa shape index (κ1) is 11.1. The Morgan fingerprint density at radius 2 is 2.40 bits per heavy atom. The zero-order chi connectivity index (χ0) is 11.0. The van der Waals surface area contributed by atoms with Gasteiger partial charge in [-0.1, -0.05) is 0 Å². The van der Waals surface area contributed by atoms with Gasteiger partial charge >= 0.3 is 0 Å². The maximum atomic E-state index is 11.6. The van der Waals surface area contributed by atoms with Crippen molar-refractivity contribution in [3.05, 3.63) is 21.4 Å². The van der Waals surface area contributed by atoms with E-state index >= 15 is 0 Å². The van der Waals surface area contributed by atoms with Crippen LogP contribution in [0.15, 0.2) is 12.3 Å². The predicted octanol–water partition coefficient (Wildman–Crippen LogP) is 2.34. The third-order valence-electron chi connectivity index (χ3n) is 2.39. The fraction of sp³-hybridized carbons (Fsp3) is 0.400. The highest BCUT2D eigenvalue weighted by Gasteiger charge is 2.29. The molecular formula is C10H10ClIN2O. The molecule has 2 heterocycles. The molecule has 0 saturated carbocycles. The molecule has 1 fully saturated rings. The normalized spacial score (nSPS) is 21.1. The number of amides is 1. The number of alkyl halides is 1. The Balaban J connectivity index is 2.30. The fourth-order valence-corrected chi connectivity index (χ4v) is 2.12. The highest BCUT2D eigenvalue weighted by atomic mass is 127.